The molecule has 0 fully saturated rings. The van der Waals surface area contributed by atoms with Gasteiger partial charge in [0.25, 0.3) is 0 Å². The predicted octanol–water partition coefficient (Wildman–Crippen LogP) is 2.30. The maximum Gasteiger partial charge on any atom is 0.317 e. The third-order valence-electron chi connectivity index (χ3n) is 3.53. The summed E-state index contributed by atoms with van der Waals surface area (Å²) >= 11 is 1.75. The lowest BCUT2D eigenvalue weighted by atomic mass is 9.92. The van der Waals surface area contributed by atoms with E-state index in [0.29, 0.717) is 12.5 Å². The molecule has 1 heterocycles. The maximum atomic E-state index is 11.0. The van der Waals surface area contributed by atoms with Gasteiger partial charge in [-0.1, -0.05) is 18.2 Å². The fraction of sp³-hybridized carbons (Fsp3) is 0.533. The molecule has 5 heteroatoms. The van der Waals surface area contributed by atoms with E-state index in [0.717, 1.165) is 31.0 Å². The summed E-state index contributed by atoms with van der Waals surface area (Å²) in [4.78, 5) is 13.0. The molecule has 0 saturated carbocycles. The lowest BCUT2D eigenvalue weighted by molar-refractivity contribution is -0.138. The second kappa shape index (κ2) is 7.55. The average Bonchev–Trinajstić information content (AvgIpc) is 2.44. The first-order valence-electron chi connectivity index (χ1n) is 6.85. The van der Waals surface area contributed by atoms with Crippen LogP contribution in [0.2, 0.25) is 0 Å². The van der Waals surface area contributed by atoms with Crippen molar-refractivity contribution in [2.75, 3.05) is 38.2 Å². The molecule has 1 aliphatic rings. The van der Waals surface area contributed by atoms with Gasteiger partial charge in [-0.3, -0.25) is 9.69 Å². The smallest absolute Gasteiger partial charge is 0.317 e. The van der Waals surface area contributed by atoms with Gasteiger partial charge in [0, 0.05) is 24.8 Å². The largest absolute Gasteiger partial charge is 0.493 e. The number of ether oxygens (including phenoxy) is 1. The second-order valence-electron chi connectivity index (χ2n) is 4.99. The molecule has 0 saturated heterocycles. The average molecular weight is 295 g/mol. The van der Waals surface area contributed by atoms with Crippen LogP contribution in [0.25, 0.3) is 0 Å². The first-order valence-corrected chi connectivity index (χ1v) is 8.25. The van der Waals surface area contributed by atoms with Crippen molar-refractivity contribution < 1.29 is 14.6 Å². The predicted molar refractivity (Wildman–Crippen MR) is 81.8 cm³/mol. The van der Waals surface area contributed by atoms with Crippen molar-refractivity contribution >= 4 is 17.7 Å². The number of rotatable bonds is 7. The Morgan fingerprint density at radius 2 is 2.30 bits per heavy atom. The number of carbonyl (C=O) groups is 1. The number of benzene rings is 1. The van der Waals surface area contributed by atoms with Gasteiger partial charge in [-0.2, -0.15) is 11.8 Å². The van der Waals surface area contributed by atoms with Crippen molar-refractivity contribution in [1.29, 1.82) is 0 Å². The second-order valence-corrected chi connectivity index (χ2v) is 5.98. The summed E-state index contributed by atoms with van der Waals surface area (Å²) in [7, 11) is 0. The number of carboxylic acids is 1. The molecule has 4 nitrogen and oxygen atoms in total. The third kappa shape index (κ3) is 4.15. The molecule has 1 unspecified atom stereocenters. The molecule has 0 spiro atoms. The van der Waals surface area contributed by atoms with E-state index in [1.807, 2.05) is 29.4 Å². The first-order chi connectivity index (χ1) is 9.70. The van der Waals surface area contributed by atoms with Crippen molar-refractivity contribution in [1.82, 2.24) is 4.90 Å². The van der Waals surface area contributed by atoms with E-state index in [9.17, 15) is 4.79 Å². The van der Waals surface area contributed by atoms with Crippen LogP contribution in [-0.2, 0) is 4.79 Å². The van der Waals surface area contributed by atoms with Gasteiger partial charge in [-0.15, -0.1) is 0 Å². The van der Waals surface area contributed by atoms with E-state index < -0.39 is 5.97 Å². The number of thioether (sulfide) groups is 1. The maximum absolute atomic E-state index is 11.0. The van der Waals surface area contributed by atoms with Gasteiger partial charge in [0.05, 0.1) is 13.2 Å². The van der Waals surface area contributed by atoms with Gasteiger partial charge < -0.3 is 9.84 Å². The zero-order valence-corrected chi connectivity index (χ0v) is 12.6. The Kier molecular flexibility index (Phi) is 5.73. The van der Waals surface area contributed by atoms with Crippen LogP contribution in [0, 0.1) is 0 Å². The monoisotopic (exact) mass is 295 g/mol. The minimum atomic E-state index is -0.758. The molecule has 0 bridgehead atoms. The Hall–Kier alpha value is -1.20. The number of carboxylic acid groups (broad SMARTS) is 1. The molecule has 1 aromatic rings. The number of hydrogen-bond acceptors (Lipinski definition) is 4. The zero-order valence-electron chi connectivity index (χ0n) is 11.7. The van der Waals surface area contributed by atoms with Gasteiger partial charge in [0.1, 0.15) is 5.75 Å². The first kappa shape index (κ1) is 15.2. The standard InChI is InChI=1S/C15H21NO3S/c1-20-9-7-16(11-15(17)18)10-12-6-8-19-14-5-3-2-4-13(12)14/h2-5,12H,6-11H2,1H3,(H,17,18). The van der Waals surface area contributed by atoms with E-state index in [4.69, 9.17) is 9.84 Å². The van der Waals surface area contributed by atoms with Gasteiger partial charge in [-0.25, -0.2) is 0 Å². The van der Waals surface area contributed by atoms with E-state index in [1.165, 1.54) is 5.56 Å². The van der Waals surface area contributed by atoms with E-state index in [-0.39, 0.29) is 6.54 Å². The summed E-state index contributed by atoms with van der Waals surface area (Å²) in [5.41, 5.74) is 1.21. The van der Waals surface area contributed by atoms with Gasteiger partial charge in [0.15, 0.2) is 0 Å². The van der Waals surface area contributed by atoms with Crippen molar-refractivity contribution in [2.24, 2.45) is 0 Å². The summed E-state index contributed by atoms with van der Waals surface area (Å²) in [6.07, 6.45) is 3.00. The van der Waals surface area contributed by atoms with Gasteiger partial charge in [-0.05, 0) is 24.3 Å². The molecule has 1 aromatic carbocycles. The third-order valence-corrected chi connectivity index (χ3v) is 4.12. The molecule has 1 N–H and O–H groups in total. The highest BCUT2D eigenvalue weighted by Gasteiger charge is 2.24. The SMILES string of the molecule is CSCCN(CC(=O)O)CC1CCOc2ccccc21. The molecule has 1 atom stereocenters. The molecule has 2 rings (SSSR count). The Labute approximate surface area is 124 Å². The van der Waals surface area contributed by atoms with Crippen LogP contribution in [0.4, 0.5) is 0 Å². The molecule has 110 valence electrons. The van der Waals surface area contributed by atoms with Crippen LogP contribution >= 0.6 is 11.8 Å². The molecule has 20 heavy (non-hydrogen) atoms. The molecule has 0 radical (unpaired) electrons. The van der Waals surface area contributed by atoms with Crippen LogP contribution in [0.3, 0.4) is 0 Å². The molecule has 0 aromatic heterocycles. The lowest BCUT2D eigenvalue weighted by Crippen LogP contribution is -2.36. The number of aliphatic carboxylic acids is 1. The highest BCUT2D eigenvalue weighted by molar-refractivity contribution is 7.98. The minimum absolute atomic E-state index is 0.111. The molecule has 1 aliphatic heterocycles. The number of para-hydroxylation sites is 1. The number of nitrogens with zero attached hydrogens (tertiary/aromatic N) is 1. The highest BCUT2D eigenvalue weighted by atomic mass is 32.2. The van der Waals surface area contributed by atoms with Crippen LogP contribution in [-0.4, -0.2) is 54.2 Å². The summed E-state index contributed by atoms with van der Waals surface area (Å²) in [6.45, 7) is 2.42. The Morgan fingerprint density at radius 3 is 3.05 bits per heavy atom. The summed E-state index contributed by atoms with van der Waals surface area (Å²) in [5.74, 6) is 1.51. The van der Waals surface area contributed by atoms with Crippen molar-refractivity contribution in [3.8, 4) is 5.75 Å². The minimum Gasteiger partial charge on any atom is -0.493 e. The summed E-state index contributed by atoms with van der Waals surface area (Å²) in [6, 6.07) is 8.07. The Bertz CT molecular complexity index is 452. The van der Waals surface area contributed by atoms with Crippen LogP contribution in [0.5, 0.6) is 5.75 Å². The quantitative estimate of drug-likeness (QED) is 0.836. The van der Waals surface area contributed by atoms with E-state index in [1.54, 1.807) is 11.8 Å². The molecule has 0 amide bonds. The summed E-state index contributed by atoms with van der Waals surface area (Å²) in [5, 5.41) is 9.03. The fourth-order valence-corrected chi connectivity index (χ4v) is 3.00. The number of fused-ring (bicyclic) bond motifs is 1. The zero-order chi connectivity index (χ0) is 14.4. The van der Waals surface area contributed by atoms with Gasteiger partial charge in [0.2, 0.25) is 0 Å². The van der Waals surface area contributed by atoms with Gasteiger partial charge >= 0.3 is 5.97 Å². The van der Waals surface area contributed by atoms with Crippen LogP contribution < -0.4 is 4.74 Å². The molecular formula is C15H21NO3S. The van der Waals surface area contributed by atoms with Crippen molar-refractivity contribution in [3.63, 3.8) is 0 Å². The fourth-order valence-electron chi connectivity index (χ4n) is 2.56. The highest BCUT2D eigenvalue weighted by Crippen LogP contribution is 2.33. The summed E-state index contributed by atoms with van der Waals surface area (Å²) < 4.78 is 5.66. The van der Waals surface area contributed by atoms with E-state index >= 15 is 0 Å². The molecular weight excluding hydrogens is 274 g/mol. The van der Waals surface area contributed by atoms with Crippen molar-refractivity contribution in [3.05, 3.63) is 29.8 Å². The number of hydrogen-bond donors (Lipinski definition) is 1. The topological polar surface area (TPSA) is 49.8 Å². The Morgan fingerprint density at radius 1 is 1.50 bits per heavy atom. The van der Waals surface area contributed by atoms with Crippen LogP contribution in [0.15, 0.2) is 24.3 Å². The lowest BCUT2D eigenvalue weighted by Gasteiger charge is -2.30. The van der Waals surface area contributed by atoms with Crippen molar-refractivity contribution in [2.45, 2.75) is 12.3 Å². The van der Waals surface area contributed by atoms with E-state index in [2.05, 4.69) is 6.07 Å². The Balaban J connectivity index is 2.04. The molecule has 0 aliphatic carbocycles. The normalized spacial score (nSPS) is 17.6. The van der Waals surface area contributed by atoms with Crippen LogP contribution in [0.1, 0.15) is 17.9 Å².